The summed E-state index contributed by atoms with van der Waals surface area (Å²) in [6, 6.07) is 10.6. The second-order valence-corrected chi connectivity index (χ2v) is 9.06. The number of amides is 1. The first kappa shape index (κ1) is 24.1. The molecule has 2 aromatic carbocycles. The van der Waals surface area contributed by atoms with Crippen LogP contribution in [0.3, 0.4) is 0 Å². The van der Waals surface area contributed by atoms with Crippen molar-refractivity contribution in [3.63, 3.8) is 0 Å². The highest BCUT2D eigenvalue weighted by molar-refractivity contribution is 7.89. The van der Waals surface area contributed by atoms with Crippen LogP contribution in [0.1, 0.15) is 28.9 Å². The van der Waals surface area contributed by atoms with Crippen molar-refractivity contribution >= 4 is 15.9 Å². The molecule has 3 rings (SSSR count). The Morgan fingerprint density at radius 1 is 1.19 bits per heavy atom. The number of sulfonamides is 1. The number of carbonyl (C=O) groups excluding carboxylic acids is 1. The minimum absolute atomic E-state index is 0.161. The fourth-order valence-corrected chi connectivity index (χ4v) is 4.64. The summed E-state index contributed by atoms with van der Waals surface area (Å²) >= 11 is 0. The molecule has 1 heterocycles. The van der Waals surface area contributed by atoms with Crippen molar-refractivity contribution in [3.8, 4) is 5.75 Å². The van der Waals surface area contributed by atoms with Gasteiger partial charge in [-0.3, -0.25) is 9.69 Å². The molecule has 174 valence electrons. The van der Waals surface area contributed by atoms with Crippen molar-refractivity contribution in [2.24, 2.45) is 0 Å². The molecule has 0 aliphatic carbocycles. The number of nitrogens with zero attached hydrogens (tertiary/aromatic N) is 1. The highest BCUT2D eigenvalue weighted by Gasteiger charge is 2.25. The van der Waals surface area contributed by atoms with Gasteiger partial charge in [-0.05, 0) is 35.9 Å². The maximum atomic E-state index is 14.4. The lowest BCUT2D eigenvalue weighted by Gasteiger charge is -2.35. The molecule has 32 heavy (non-hydrogen) atoms. The minimum atomic E-state index is -3.81. The van der Waals surface area contributed by atoms with Gasteiger partial charge in [-0.1, -0.05) is 19.1 Å². The lowest BCUT2D eigenvalue weighted by Crippen LogP contribution is -2.44. The number of rotatable bonds is 9. The smallest absolute Gasteiger partial charge is 0.254 e. The van der Waals surface area contributed by atoms with Gasteiger partial charge in [-0.2, -0.15) is 0 Å². The van der Waals surface area contributed by atoms with E-state index in [-0.39, 0.29) is 29.6 Å². The van der Waals surface area contributed by atoms with Crippen molar-refractivity contribution in [2.75, 3.05) is 46.5 Å². The average Bonchev–Trinajstić information content (AvgIpc) is 2.80. The molecule has 0 aromatic heterocycles. The number of morpholine rings is 1. The Balaban J connectivity index is 1.80. The standard InChI is InChI=1S/C22H28FN3O5S/c1-3-25-32(28,29)18-8-9-20(23)19(14-18)22(27)24-15-21(26-10-12-31-13-11-26)16-4-6-17(30-2)7-5-16/h4-9,14,21,25H,3,10-13,15H2,1-2H3,(H,24,27). The first-order chi connectivity index (χ1) is 15.4. The quantitative estimate of drug-likeness (QED) is 0.588. The normalized spacial score (nSPS) is 15.8. The monoisotopic (exact) mass is 465 g/mol. The maximum absolute atomic E-state index is 14.4. The van der Waals surface area contributed by atoms with Crippen molar-refractivity contribution < 1.29 is 27.1 Å². The number of carbonyl (C=O) groups is 1. The van der Waals surface area contributed by atoms with E-state index in [1.54, 1.807) is 14.0 Å². The van der Waals surface area contributed by atoms with E-state index in [1.807, 2.05) is 24.3 Å². The zero-order chi connectivity index (χ0) is 23.1. The van der Waals surface area contributed by atoms with E-state index in [1.165, 1.54) is 0 Å². The van der Waals surface area contributed by atoms with Gasteiger partial charge in [0.1, 0.15) is 11.6 Å². The van der Waals surface area contributed by atoms with Crippen LogP contribution in [-0.2, 0) is 14.8 Å². The third-order valence-corrected chi connectivity index (χ3v) is 6.81. The van der Waals surface area contributed by atoms with Gasteiger partial charge in [0.15, 0.2) is 0 Å². The first-order valence-corrected chi connectivity index (χ1v) is 11.9. The van der Waals surface area contributed by atoms with Crippen LogP contribution in [0.2, 0.25) is 0 Å². The van der Waals surface area contributed by atoms with Crippen LogP contribution in [0.4, 0.5) is 4.39 Å². The fourth-order valence-electron chi connectivity index (χ4n) is 3.58. The van der Waals surface area contributed by atoms with Gasteiger partial charge < -0.3 is 14.8 Å². The number of hydrogen-bond donors (Lipinski definition) is 2. The van der Waals surface area contributed by atoms with E-state index in [9.17, 15) is 17.6 Å². The third-order valence-electron chi connectivity index (χ3n) is 5.27. The second-order valence-electron chi connectivity index (χ2n) is 7.29. The molecule has 0 saturated carbocycles. The molecule has 0 radical (unpaired) electrons. The molecule has 1 aliphatic rings. The van der Waals surface area contributed by atoms with E-state index < -0.39 is 21.7 Å². The van der Waals surface area contributed by atoms with Crippen molar-refractivity contribution in [3.05, 3.63) is 59.4 Å². The van der Waals surface area contributed by atoms with Crippen molar-refractivity contribution in [1.82, 2.24) is 14.9 Å². The minimum Gasteiger partial charge on any atom is -0.497 e. The molecule has 1 saturated heterocycles. The Morgan fingerprint density at radius 3 is 2.50 bits per heavy atom. The molecular weight excluding hydrogens is 437 g/mol. The number of methoxy groups -OCH3 is 1. The Morgan fingerprint density at radius 2 is 1.88 bits per heavy atom. The zero-order valence-corrected chi connectivity index (χ0v) is 19.0. The molecule has 1 aliphatic heterocycles. The Hall–Kier alpha value is -2.53. The molecular formula is C22H28FN3O5S. The summed E-state index contributed by atoms with van der Waals surface area (Å²) in [5.74, 6) is -0.743. The van der Waals surface area contributed by atoms with Crippen LogP contribution >= 0.6 is 0 Å². The summed E-state index contributed by atoms with van der Waals surface area (Å²) in [5, 5.41) is 2.77. The van der Waals surface area contributed by atoms with E-state index in [2.05, 4.69) is 14.9 Å². The highest BCUT2D eigenvalue weighted by atomic mass is 32.2. The highest BCUT2D eigenvalue weighted by Crippen LogP contribution is 2.24. The van der Waals surface area contributed by atoms with Gasteiger partial charge in [-0.15, -0.1) is 0 Å². The first-order valence-electron chi connectivity index (χ1n) is 10.4. The maximum Gasteiger partial charge on any atom is 0.254 e. The van der Waals surface area contributed by atoms with Crippen LogP contribution < -0.4 is 14.8 Å². The average molecular weight is 466 g/mol. The Labute approximate surface area is 187 Å². The van der Waals surface area contributed by atoms with Crippen molar-refractivity contribution in [1.29, 1.82) is 0 Å². The summed E-state index contributed by atoms with van der Waals surface area (Å²) in [6.45, 7) is 4.59. The molecule has 1 atom stereocenters. The molecule has 1 amide bonds. The molecule has 2 aromatic rings. The van der Waals surface area contributed by atoms with Crippen LogP contribution in [0.25, 0.3) is 0 Å². The molecule has 1 fully saturated rings. The zero-order valence-electron chi connectivity index (χ0n) is 18.1. The Kier molecular flexibility index (Phi) is 8.19. The van der Waals surface area contributed by atoms with E-state index in [0.717, 1.165) is 29.5 Å². The fraction of sp³-hybridized carbons (Fsp3) is 0.409. The summed E-state index contributed by atoms with van der Waals surface area (Å²) in [7, 11) is -2.22. The van der Waals surface area contributed by atoms with Gasteiger partial charge >= 0.3 is 0 Å². The summed E-state index contributed by atoms with van der Waals surface area (Å²) in [5.41, 5.74) is 0.649. The van der Waals surface area contributed by atoms with Crippen LogP contribution in [-0.4, -0.2) is 65.7 Å². The van der Waals surface area contributed by atoms with Gasteiger partial charge in [0.05, 0.1) is 36.8 Å². The third kappa shape index (κ3) is 5.83. The second kappa shape index (κ2) is 10.9. The number of nitrogens with one attached hydrogen (secondary N) is 2. The predicted molar refractivity (Wildman–Crippen MR) is 118 cm³/mol. The SMILES string of the molecule is CCNS(=O)(=O)c1ccc(F)c(C(=O)NCC(c2ccc(OC)cc2)N2CCOCC2)c1. The number of ether oxygens (including phenoxy) is 2. The molecule has 0 bridgehead atoms. The van der Waals surface area contributed by atoms with Gasteiger partial charge in [0, 0.05) is 26.2 Å². The summed E-state index contributed by atoms with van der Waals surface area (Å²) in [4.78, 5) is 14.8. The molecule has 1 unspecified atom stereocenters. The van der Waals surface area contributed by atoms with E-state index in [0.29, 0.717) is 26.3 Å². The number of hydrogen-bond acceptors (Lipinski definition) is 6. The molecule has 2 N–H and O–H groups in total. The molecule has 0 spiro atoms. The van der Waals surface area contributed by atoms with Crippen LogP contribution in [0, 0.1) is 5.82 Å². The van der Waals surface area contributed by atoms with E-state index in [4.69, 9.17) is 9.47 Å². The van der Waals surface area contributed by atoms with Crippen LogP contribution in [0.5, 0.6) is 5.75 Å². The predicted octanol–water partition coefficient (Wildman–Crippen LogP) is 1.94. The topological polar surface area (TPSA) is 97.0 Å². The van der Waals surface area contributed by atoms with Crippen molar-refractivity contribution in [2.45, 2.75) is 17.9 Å². The van der Waals surface area contributed by atoms with Gasteiger partial charge in [0.2, 0.25) is 10.0 Å². The lowest BCUT2D eigenvalue weighted by molar-refractivity contribution is 0.0162. The largest absolute Gasteiger partial charge is 0.497 e. The number of halogens is 1. The van der Waals surface area contributed by atoms with E-state index >= 15 is 0 Å². The van der Waals surface area contributed by atoms with Crippen LogP contribution in [0.15, 0.2) is 47.4 Å². The Bertz CT molecular complexity index is 1020. The lowest BCUT2D eigenvalue weighted by atomic mass is 10.0. The number of benzene rings is 2. The summed E-state index contributed by atoms with van der Waals surface area (Å²) < 4.78 is 51.8. The van der Waals surface area contributed by atoms with Gasteiger partial charge in [0.25, 0.3) is 5.91 Å². The summed E-state index contributed by atoms with van der Waals surface area (Å²) in [6.07, 6.45) is 0. The van der Waals surface area contributed by atoms with Gasteiger partial charge in [-0.25, -0.2) is 17.5 Å². The molecule has 8 nitrogen and oxygen atoms in total. The molecule has 10 heteroatoms.